The van der Waals surface area contributed by atoms with Crippen LogP contribution in [0.25, 0.3) is 0 Å². The number of hydrogen-bond donors (Lipinski definition) is 1. The molecule has 0 spiro atoms. The SMILES string of the molecule is CSCCC(=O)N[C@@H](C)C(=O)OC(C)(C)C. The number of ether oxygens (including phenoxy) is 1. The van der Waals surface area contributed by atoms with E-state index in [1.165, 1.54) is 0 Å². The fourth-order valence-electron chi connectivity index (χ4n) is 0.958. The minimum Gasteiger partial charge on any atom is -0.458 e. The molecule has 1 N–H and O–H groups in total. The molecule has 0 saturated carbocycles. The molecule has 0 bridgehead atoms. The van der Waals surface area contributed by atoms with Crippen LogP contribution in [-0.4, -0.2) is 35.5 Å². The van der Waals surface area contributed by atoms with Crippen molar-refractivity contribution in [2.75, 3.05) is 12.0 Å². The molecule has 0 aromatic heterocycles. The smallest absolute Gasteiger partial charge is 0.328 e. The molecule has 0 aliphatic carbocycles. The number of rotatable bonds is 5. The average Bonchev–Trinajstić information content (AvgIpc) is 2.11. The zero-order valence-corrected chi connectivity index (χ0v) is 11.4. The molecule has 0 heterocycles. The molecule has 1 amide bonds. The van der Waals surface area contributed by atoms with Crippen molar-refractivity contribution < 1.29 is 14.3 Å². The second-order valence-corrected chi connectivity index (χ2v) is 5.55. The summed E-state index contributed by atoms with van der Waals surface area (Å²) in [6.07, 6.45) is 2.36. The molecule has 4 nitrogen and oxygen atoms in total. The van der Waals surface area contributed by atoms with E-state index in [2.05, 4.69) is 5.32 Å². The summed E-state index contributed by atoms with van der Waals surface area (Å²) in [6.45, 7) is 7.03. The van der Waals surface area contributed by atoms with Crippen LogP contribution in [0.5, 0.6) is 0 Å². The maximum atomic E-state index is 11.5. The highest BCUT2D eigenvalue weighted by atomic mass is 32.2. The molecular weight excluding hydrogens is 226 g/mol. The van der Waals surface area contributed by atoms with Crippen LogP contribution < -0.4 is 5.32 Å². The minimum absolute atomic E-state index is 0.118. The molecule has 0 aromatic carbocycles. The highest BCUT2D eigenvalue weighted by Crippen LogP contribution is 2.08. The quantitative estimate of drug-likeness (QED) is 0.750. The summed E-state index contributed by atoms with van der Waals surface area (Å²) in [5.74, 6) is 0.241. The maximum absolute atomic E-state index is 11.5. The van der Waals surface area contributed by atoms with E-state index in [0.29, 0.717) is 6.42 Å². The van der Waals surface area contributed by atoms with E-state index in [0.717, 1.165) is 5.75 Å². The Kier molecular flexibility index (Phi) is 6.48. The number of carbonyl (C=O) groups excluding carboxylic acids is 2. The molecule has 0 rings (SSSR count). The predicted octanol–water partition coefficient (Wildman–Crippen LogP) is 1.59. The van der Waals surface area contributed by atoms with Crippen molar-refractivity contribution in [1.82, 2.24) is 5.32 Å². The van der Waals surface area contributed by atoms with Crippen molar-refractivity contribution in [3.63, 3.8) is 0 Å². The molecule has 0 unspecified atom stereocenters. The zero-order chi connectivity index (χ0) is 12.8. The third-order valence-electron chi connectivity index (χ3n) is 1.67. The van der Waals surface area contributed by atoms with E-state index in [9.17, 15) is 9.59 Å². The van der Waals surface area contributed by atoms with Gasteiger partial charge in [-0.3, -0.25) is 4.79 Å². The molecular formula is C11H21NO3S. The van der Waals surface area contributed by atoms with Gasteiger partial charge in [0.2, 0.25) is 5.91 Å². The highest BCUT2D eigenvalue weighted by molar-refractivity contribution is 7.98. The van der Waals surface area contributed by atoms with E-state index < -0.39 is 17.6 Å². The first-order chi connectivity index (χ1) is 7.26. The van der Waals surface area contributed by atoms with Gasteiger partial charge in [-0.25, -0.2) is 4.79 Å². The third kappa shape index (κ3) is 7.56. The standard InChI is InChI=1S/C11H21NO3S/c1-8(10(14)15-11(2,3)4)12-9(13)6-7-16-5/h8H,6-7H2,1-5H3,(H,12,13)/t8-/m0/s1. The normalized spacial score (nSPS) is 13.1. The van der Waals surface area contributed by atoms with E-state index >= 15 is 0 Å². The van der Waals surface area contributed by atoms with Crippen molar-refractivity contribution in [2.45, 2.75) is 45.8 Å². The summed E-state index contributed by atoms with van der Waals surface area (Å²) in [6, 6.07) is -0.589. The van der Waals surface area contributed by atoms with Gasteiger partial charge in [-0.2, -0.15) is 11.8 Å². The molecule has 0 saturated heterocycles. The van der Waals surface area contributed by atoms with Crippen LogP contribution in [-0.2, 0) is 14.3 Å². The first-order valence-corrected chi connectivity index (χ1v) is 6.67. The molecule has 0 radical (unpaired) electrons. The first kappa shape index (κ1) is 15.3. The number of carbonyl (C=O) groups is 2. The van der Waals surface area contributed by atoms with Crippen LogP contribution in [0.2, 0.25) is 0 Å². The lowest BCUT2D eigenvalue weighted by Crippen LogP contribution is -2.42. The zero-order valence-electron chi connectivity index (χ0n) is 10.6. The number of hydrogen-bond acceptors (Lipinski definition) is 4. The Labute approximate surface area is 101 Å². The lowest BCUT2D eigenvalue weighted by atomic mass is 10.2. The highest BCUT2D eigenvalue weighted by Gasteiger charge is 2.22. The van der Waals surface area contributed by atoms with Gasteiger partial charge >= 0.3 is 5.97 Å². The van der Waals surface area contributed by atoms with Crippen LogP contribution in [0.15, 0.2) is 0 Å². The third-order valence-corrected chi connectivity index (χ3v) is 2.28. The molecule has 0 aromatic rings. The van der Waals surface area contributed by atoms with Gasteiger partial charge in [0.25, 0.3) is 0 Å². The Morgan fingerprint density at radius 3 is 2.38 bits per heavy atom. The van der Waals surface area contributed by atoms with Gasteiger partial charge in [0.1, 0.15) is 11.6 Å². The Bertz CT molecular complexity index is 248. The van der Waals surface area contributed by atoms with Crippen molar-refractivity contribution in [1.29, 1.82) is 0 Å². The summed E-state index contributed by atoms with van der Waals surface area (Å²) >= 11 is 1.60. The molecule has 1 atom stereocenters. The molecule has 0 aliphatic rings. The summed E-state index contributed by atoms with van der Waals surface area (Å²) in [4.78, 5) is 22.9. The topological polar surface area (TPSA) is 55.4 Å². The van der Waals surface area contributed by atoms with E-state index in [-0.39, 0.29) is 5.91 Å². The van der Waals surface area contributed by atoms with Crippen molar-refractivity contribution >= 4 is 23.6 Å². The monoisotopic (exact) mass is 247 g/mol. The molecule has 0 aliphatic heterocycles. The summed E-state index contributed by atoms with van der Waals surface area (Å²) in [5, 5.41) is 2.61. The Morgan fingerprint density at radius 1 is 1.38 bits per heavy atom. The van der Waals surface area contributed by atoms with Gasteiger partial charge in [0.15, 0.2) is 0 Å². The molecule has 16 heavy (non-hydrogen) atoms. The van der Waals surface area contributed by atoms with Crippen LogP contribution in [0.4, 0.5) is 0 Å². The summed E-state index contributed by atoms with van der Waals surface area (Å²) in [7, 11) is 0. The molecule has 94 valence electrons. The number of esters is 1. The van der Waals surface area contributed by atoms with Gasteiger partial charge in [0, 0.05) is 12.2 Å². The van der Waals surface area contributed by atoms with Crippen LogP contribution in [0, 0.1) is 0 Å². The van der Waals surface area contributed by atoms with Crippen LogP contribution in [0.3, 0.4) is 0 Å². The van der Waals surface area contributed by atoms with Crippen molar-refractivity contribution in [3.8, 4) is 0 Å². The number of thioether (sulfide) groups is 1. The fraction of sp³-hybridized carbons (Fsp3) is 0.818. The molecule has 0 fully saturated rings. The van der Waals surface area contributed by atoms with Gasteiger partial charge in [-0.15, -0.1) is 0 Å². The van der Waals surface area contributed by atoms with E-state index in [4.69, 9.17) is 4.74 Å². The summed E-state index contributed by atoms with van der Waals surface area (Å²) < 4.78 is 5.15. The van der Waals surface area contributed by atoms with Crippen molar-refractivity contribution in [3.05, 3.63) is 0 Å². The van der Waals surface area contributed by atoms with Gasteiger partial charge in [0.05, 0.1) is 0 Å². The van der Waals surface area contributed by atoms with E-state index in [1.807, 2.05) is 6.26 Å². The Hall–Kier alpha value is -0.710. The Balaban J connectivity index is 4.01. The maximum Gasteiger partial charge on any atom is 0.328 e. The molecule has 5 heteroatoms. The fourth-order valence-corrected chi connectivity index (χ4v) is 1.35. The van der Waals surface area contributed by atoms with E-state index in [1.54, 1.807) is 39.5 Å². The summed E-state index contributed by atoms with van der Waals surface area (Å²) in [5.41, 5.74) is -0.519. The van der Waals surface area contributed by atoms with Gasteiger partial charge in [-0.1, -0.05) is 0 Å². The number of amides is 1. The Morgan fingerprint density at radius 2 is 1.94 bits per heavy atom. The lowest BCUT2D eigenvalue weighted by Gasteiger charge is -2.22. The van der Waals surface area contributed by atoms with Crippen LogP contribution >= 0.6 is 11.8 Å². The second-order valence-electron chi connectivity index (χ2n) is 4.57. The number of nitrogens with one attached hydrogen (secondary N) is 1. The second kappa shape index (κ2) is 6.78. The largest absolute Gasteiger partial charge is 0.458 e. The van der Waals surface area contributed by atoms with Gasteiger partial charge in [-0.05, 0) is 34.0 Å². The van der Waals surface area contributed by atoms with Gasteiger partial charge < -0.3 is 10.1 Å². The first-order valence-electron chi connectivity index (χ1n) is 5.27. The van der Waals surface area contributed by atoms with Crippen LogP contribution in [0.1, 0.15) is 34.1 Å². The lowest BCUT2D eigenvalue weighted by molar-refractivity contribution is -0.158. The van der Waals surface area contributed by atoms with Crippen molar-refractivity contribution in [2.24, 2.45) is 0 Å². The predicted molar refractivity (Wildman–Crippen MR) is 66.4 cm³/mol. The average molecular weight is 247 g/mol. The minimum atomic E-state index is -0.589.